The van der Waals surface area contributed by atoms with Crippen molar-refractivity contribution >= 4 is 11.6 Å². The fourth-order valence-electron chi connectivity index (χ4n) is 1.86. The smallest absolute Gasteiger partial charge is 0.226 e. The van der Waals surface area contributed by atoms with Crippen LogP contribution in [0.15, 0.2) is 42.6 Å². The number of hydrogen-bond acceptors (Lipinski definition) is 3. The lowest BCUT2D eigenvalue weighted by Crippen LogP contribution is -2.28. The topological polar surface area (TPSA) is 68.0 Å². The lowest BCUT2D eigenvalue weighted by molar-refractivity contribution is -0.121. The first-order valence-corrected chi connectivity index (χ1v) is 6.30. The molecule has 104 valence electrons. The van der Waals surface area contributed by atoms with Crippen molar-refractivity contribution in [2.75, 3.05) is 5.73 Å². The van der Waals surface area contributed by atoms with Gasteiger partial charge in [-0.05, 0) is 36.8 Å². The first-order valence-electron chi connectivity index (χ1n) is 6.30. The monoisotopic (exact) mass is 273 g/mol. The number of nitrogen functional groups attached to an aromatic ring is 1. The van der Waals surface area contributed by atoms with E-state index in [1.54, 1.807) is 24.3 Å². The van der Waals surface area contributed by atoms with E-state index in [0.29, 0.717) is 11.4 Å². The van der Waals surface area contributed by atoms with Gasteiger partial charge in [0.05, 0.1) is 24.3 Å². The summed E-state index contributed by atoms with van der Waals surface area (Å²) in [5.74, 6) is -0.483. The van der Waals surface area contributed by atoms with E-state index in [0.717, 1.165) is 5.56 Å². The normalized spacial score (nSPS) is 11.9. The van der Waals surface area contributed by atoms with Crippen molar-refractivity contribution in [3.8, 4) is 0 Å². The summed E-state index contributed by atoms with van der Waals surface area (Å²) in [7, 11) is 0. The highest BCUT2D eigenvalue weighted by Gasteiger charge is 2.11. The summed E-state index contributed by atoms with van der Waals surface area (Å²) in [4.78, 5) is 16.0. The lowest BCUT2D eigenvalue weighted by atomic mass is 10.1. The van der Waals surface area contributed by atoms with Gasteiger partial charge in [0.2, 0.25) is 5.91 Å². The van der Waals surface area contributed by atoms with Gasteiger partial charge in [0.1, 0.15) is 5.82 Å². The highest BCUT2D eigenvalue weighted by Crippen LogP contribution is 2.13. The van der Waals surface area contributed by atoms with Gasteiger partial charge < -0.3 is 11.1 Å². The second-order valence-corrected chi connectivity index (χ2v) is 4.60. The van der Waals surface area contributed by atoms with E-state index in [9.17, 15) is 9.18 Å². The Morgan fingerprint density at radius 3 is 2.85 bits per heavy atom. The fourth-order valence-corrected chi connectivity index (χ4v) is 1.86. The van der Waals surface area contributed by atoms with Crippen molar-refractivity contribution in [2.24, 2.45) is 0 Å². The number of pyridine rings is 1. The van der Waals surface area contributed by atoms with Crippen molar-refractivity contribution in [3.05, 3.63) is 59.7 Å². The fraction of sp³-hybridized carbons (Fsp3) is 0.200. The molecule has 2 rings (SSSR count). The molecule has 0 spiro atoms. The Morgan fingerprint density at radius 1 is 1.40 bits per heavy atom. The molecule has 1 amide bonds. The molecule has 3 N–H and O–H groups in total. The molecular formula is C15H16FN3O. The second kappa shape index (κ2) is 6.14. The van der Waals surface area contributed by atoms with Gasteiger partial charge >= 0.3 is 0 Å². The van der Waals surface area contributed by atoms with Gasteiger partial charge in [0, 0.05) is 5.69 Å². The van der Waals surface area contributed by atoms with E-state index in [2.05, 4.69) is 10.3 Å². The molecule has 0 fully saturated rings. The predicted octanol–water partition coefficient (Wildman–Crippen LogP) is 2.22. The van der Waals surface area contributed by atoms with E-state index in [-0.39, 0.29) is 24.2 Å². The highest BCUT2D eigenvalue weighted by atomic mass is 19.1. The van der Waals surface area contributed by atoms with Crippen molar-refractivity contribution in [1.29, 1.82) is 0 Å². The molecule has 1 heterocycles. The first kappa shape index (κ1) is 14.0. The number of halogens is 1. The van der Waals surface area contributed by atoms with Gasteiger partial charge in [-0.1, -0.05) is 12.1 Å². The van der Waals surface area contributed by atoms with Crippen LogP contribution >= 0.6 is 0 Å². The third-order valence-electron chi connectivity index (χ3n) is 2.92. The Hall–Kier alpha value is -2.43. The van der Waals surface area contributed by atoms with Crippen LogP contribution in [0.3, 0.4) is 0 Å². The number of nitrogens with zero attached hydrogens (tertiary/aromatic N) is 1. The zero-order valence-corrected chi connectivity index (χ0v) is 11.1. The molecule has 1 aromatic heterocycles. The molecule has 0 aliphatic heterocycles. The number of aromatic nitrogens is 1. The molecule has 0 radical (unpaired) electrons. The zero-order valence-electron chi connectivity index (χ0n) is 11.1. The minimum absolute atomic E-state index is 0.167. The van der Waals surface area contributed by atoms with Crippen LogP contribution in [0.5, 0.6) is 0 Å². The van der Waals surface area contributed by atoms with Gasteiger partial charge in [-0.3, -0.25) is 9.78 Å². The van der Waals surface area contributed by atoms with Gasteiger partial charge in [-0.15, -0.1) is 0 Å². The Labute approximate surface area is 116 Å². The number of benzene rings is 1. The molecule has 1 aromatic carbocycles. The van der Waals surface area contributed by atoms with Gasteiger partial charge in [-0.2, -0.15) is 0 Å². The van der Waals surface area contributed by atoms with Crippen molar-refractivity contribution in [1.82, 2.24) is 10.3 Å². The number of nitrogens with two attached hydrogens (primary N) is 1. The maximum atomic E-state index is 13.1. The molecule has 5 heteroatoms. The Bertz CT molecular complexity index is 598. The lowest BCUT2D eigenvalue weighted by Gasteiger charge is -2.14. The Morgan fingerprint density at radius 2 is 2.20 bits per heavy atom. The number of anilines is 1. The molecule has 2 aromatic rings. The van der Waals surface area contributed by atoms with Crippen molar-refractivity contribution < 1.29 is 9.18 Å². The van der Waals surface area contributed by atoms with Crippen LogP contribution in [-0.2, 0) is 11.2 Å². The summed E-state index contributed by atoms with van der Waals surface area (Å²) in [5, 5.41) is 2.81. The molecule has 1 atom stereocenters. The van der Waals surface area contributed by atoms with Crippen LogP contribution in [0.25, 0.3) is 0 Å². The van der Waals surface area contributed by atoms with Crippen molar-refractivity contribution in [2.45, 2.75) is 19.4 Å². The van der Waals surface area contributed by atoms with Crippen LogP contribution in [0, 0.1) is 5.82 Å². The number of amides is 1. The molecule has 0 saturated heterocycles. The number of rotatable bonds is 4. The van der Waals surface area contributed by atoms with E-state index >= 15 is 0 Å². The molecule has 0 bridgehead atoms. The van der Waals surface area contributed by atoms with Gasteiger partial charge in [-0.25, -0.2) is 4.39 Å². The quantitative estimate of drug-likeness (QED) is 0.897. The van der Waals surface area contributed by atoms with Gasteiger partial charge in [0.25, 0.3) is 0 Å². The average molecular weight is 273 g/mol. The molecule has 4 nitrogen and oxygen atoms in total. The Kier molecular flexibility index (Phi) is 4.30. The summed E-state index contributed by atoms with van der Waals surface area (Å²) < 4.78 is 13.1. The molecule has 0 saturated carbocycles. The second-order valence-electron chi connectivity index (χ2n) is 4.60. The summed E-state index contributed by atoms with van der Waals surface area (Å²) in [6, 6.07) is 9.33. The highest BCUT2D eigenvalue weighted by molar-refractivity contribution is 5.78. The van der Waals surface area contributed by atoms with Crippen molar-refractivity contribution in [3.63, 3.8) is 0 Å². The summed E-state index contributed by atoms with van der Waals surface area (Å²) in [6.07, 6.45) is 1.68. The standard InChI is InChI=1S/C15H16FN3O/c1-10(11-3-2-4-12(16)7-11)19-15(20)8-14-6-5-13(17)9-18-14/h2-7,9-10H,8,17H2,1H3,(H,19,20)/t10-/m1/s1. The molecule has 0 aliphatic rings. The minimum atomic E-state index is -0.316. The number of nitrogens with one attached hydrogen (secondary N) is 1. The molecule has 0 aliphatic carbocycles. The van der Waals surface area contributed by atoms with Crippen LogP contribution in [-0.4, -0.2) is 10.9 Å². The van der Waals surface area contributed by atoms with Crippen LogP contribution < -0.4 is 11.1 Å². The maximum absolute atomic E-state index is 13.1. The largest absolute Gasteiger partial charge is 0.397 e. The zero-order chi connectivity index (χ0) is 14.5. The van der Waals surface area contributed by atoms with Gasteiger partial charge in [0.15, 0.2) is 0 Å². The number of carbonyl (C=O) groups excluding carboxylic acids is 1. The average Bonchev–Trinajstić information content (AvgIpc) is 2.41. The SMILES string of the molecule is C[C@@H](NC(=O)Cc1ccc(N)cn1)c1cccc(F)c1. The third kappa shape index (κ3) is 3.78. The van der Waals surface area contributed by atoms with E-state index in [4.69, 9.17) is 5.73 Å². The van der Waals surface area contributed by atoms with Crippen LogP contribution in [0.1, 0.15) is 24.2 Å². The number of carbonyl (C=O) groups is 1. The summed E-state index contributed by atoms with van der Waals surface area (Å²) in [6.45, 7) is 1.81. The predicted molar refractivity (Wildman–Crippen MR) is 75.3 cm³/mol. The summed E-state index contributed by atoms with van der Waals surface area (Å²) >= 11 is 0. The first-order chi connectivity index (χ1) is 9.54. The van der Waals surface area contributed by atoms with E-state index in [1.807, 2.05) is 6.92 Å². The molecule has 0 unspecified atom stereocenters. The maximum Gasteiger partial charge on any atom is 0.226 e. The van der Waals surface area contributed by atoms with E-state index < -0.39 is 0 Å². The molecular weight excluding hydrogens is 257 g/mol. The van der Waals surface area contributed by atoms with Crippen LogP contribution in [0.4, 0.5) is 10.1 Å². The minimum Gasteiger partial charge on any atom is -0.397 e. The Balaban J connectivity index is 1.95. The van der Waals surface area contributed by atoms with E-state index in [1.165, 1.54) is 18.3 Å². The number of hydrogen-bond donors (Lipinski definition) is 2. The third-order valence-corrected chi connectivity index (χ3v) is 2.92. The van der Waals surface area contributed by atoms with Crippen LogP contribution in [0.2, 0.25) is 0 Å². The molecule has 20 heavy (non-hydrogen) atoms. The summed E-state index contributed by atoms with van der Waals surface area (Å²) in [5.41, 5.74) is 7.45.